The van der Waals surface area contributed by atoms with Crippen LogP contribution < -0.4 is 0 Å². The van der Waals surface area contributed by atoms with Gasteiger partial charge in [-0.05, 0) is 51.3 Å². The van der Waals surface area contributed by atoms with Crippen molar-refractivity contribution < 1.29 is 0 Å². The highest BCUT2D eigenvalue weighted by Gasteiger charge is 2.19. The molecule has 2 heterocycles. The van der Waals surface area contributed by atoms with Gasteiger partial charge in [0.25, 0.3) is 0 Å². The van der Waals surface area contributed by atoms with E-state index in [1.165, 1.54) is 27.6 Å². The second-order valence-electron chi connectivity index (χ2n) is 7.24. The lowest BCUT2D eigenvalue weighted by molar-refractivity contribution is 0.406. The molecular weight excluding hydrogens is 420 g/mol. The van der Waals surface area contributed by atoms with Gasteiger partial charge in [-0.25, -0.2) is 0 Å². The zero-order chi connectivity index (χ0) is 19.6. The van der Waals surface area contributed by atoms with Gasteiger partial charge >= 0.3 is 0 Å². The van der Waals surface area contributed by atoms with E-state index in [2.05, 4.69) is 129 Å². The number of nitrogens with zero attached hydrogens (tertiary/aromatic N) is 2. The number of halogens is 1. The Labute approximate surface area is 179 Å². The first-order valence-corrected chi connectivity index (χ1v) is 10.6. The molecule has 5 rings (SSSR count). The fourth-order valence-electron chi connectivity index (χ4n) is 3.96. The Bertz CT molecular complexity index is 1200. The van der Waals surface area contributed by atoms with Gasteiger partial charge in [0.05, 0.1) is 10.1 Å². The summed E-state index contributed by atoms with van der Waals surface area (Å²) in [5.74, 6) is 0. The van der Waals surface area contributed by atoms with Gasteiger partial charge in [-0.1, -0.05) is 72.8 Å². The molecule has 0 fully saturated rings. The zero-order valence-electron chi connectivity index (χ0n) is 16.0. The molecule has 4 aromatic rings. The molecular formula is C26H21BrN2. The molecule has 3 aromatic carbocycles. The number of para-hydroxylation sites is 2. The van der Waals surface area contributed by atoms with Crippen molar-refractivity contribution in [2.75, 3.05) is 6.54 Å². The highest BCUT2D eigenvalue weighted by molar-refractivity contribution is 9.10. The van der Waals surface area contributed by atoms with Gasteiger partial charge in [-0.15, -0.1) is 0 Å². The first kappa shape index (κ1) is 18.0. The lowest BCUT2D eigenvalue weighted by Gasteiger charge is -2.23. The molecule has 142 valence electrons. The van der Waals surface area contributed by atoms with Crippen molar-refractivity contribution in [3.05, 3.63) is 119 Å². The topological polar surface area (TPSA) is 8.17 Å². The number of benzene rings is 3. The number of hydrogen-bond acceptors (Lipinski definition) is 1. The fraction of sp³-hybridized carbons (Fsp3) is 0.0769. The predicted octanol–water partition coefficient (Wildman–Crippen LogP) is 6.81. The second kappa shape index (κ2) is 7.76. The summed E-state index contributed by atoms with van der Waals surface area (Å²) in [6, 6.07) is 29.7. The van der Waals surface area contributed by atoms with Gasteiger partial charge in [-0.3, -0.25) is 0 Å². The van der Waals surface area contributed by atoms with Gasteiger partial charge in [0.15, 0.2) is 0 Å². The Hall–Kier alpha value is -3.04. The minimum absolute atomic E-state index is 0.901. The first-order chi connectivity index (χ1) is 14.3. The molecule has 0 amide bonds. The molecule has 1 aliphatic rings. The molecule has 29 heavy (non-hydrogen) atoms. The molecule has 1 aromatic heterocycles. The van der Waals surface area contributed by atoms with Crippen molar-refractivity contribution in [3.63, 3.8) is 0 Å². The van der Waals surface area contributed by atoms with Crippen LogP contribution in [0.4, 0.5) is 0 Å². The van der Waals surface area contributed by atoms with Gasteiger partial charge in [-0.2, -0.15) is 0 Å². The Morgan fingerprint density at radius 2 is 1.48 bits per heavy atom. The van der Waals surface area contributed by atoms with Crippen LogP contribution >= 0.6 is 15.9 Å². The van der Waals surface area contributed by atoms with Crippen LogP contribution in [0.15, 0.2) is 108 Å². The molecule has 0 unspecified atom stereocenters. The molecule has 3 heteroatoms. The van der Waals surface area contributed by atoms with E-state index in [0.717, 1.165) is 23.4 Å². The van der Waals surface area contributed by atoms with Gasteiger partial charge in [0.1, 0.15) is 0 Å². The molecule has 0 aliphatic carbocycles. The van der Waals surface area contributed by atoms with Crippen molar-refractivity contribution in [2.45, 2.75) is 6.54 Å². The number of rotatable bonds is 4. The summed E-state index contributed by atoms with van der Waals surface area (Å²) in [5.41, 5.74) is 6.21. The van der Waals surface area contributed by atoms with Crippen LogP contribution in [0, 0.1) is 0 Å². The van der Waals surface area contributed by atoms with E-state index in [1.54, 1.807) is 0 Å². The third kappa shape index (κ3) is 3.43. The molecule has 0 radical (unpaired) electrons. The number of aromatic nitrogens is 1. The van der Waals surface area contributed by atoms with E-state index >= 15 is 0 Å². The number of fused-ring (bicyclic) bond motifs is 1. The maximum absolute atomic E-state index is 3.91. The van der Waals surface area contributed by atoms with Crippen LogP contribution in [-0.4, -0.2) is 16.0 Å². The lowest BCUT2D eigenvalue weighted by Crippen LogP contribution is -2.19. The predicted molar refractivity (Wildman–Crippen MR) is 125 cm³/mol. The number of hydrogen-bond donors (Lipinski definition) is 0. The SMILES string of the molecule is Brc1c(C2=CCN(Cc3ccccc3)C=C2)c2ccccc2n1-c1ccccc1. The summed E-state index contributed by atoms with van der Waals surface area (Å²) in [4.78, 5) is 2.34. The molecule has 1 aliphatic heterocycles. The van der Waals surface area contributed by atoms with E-state index in [4.69, 9.17) is 0 Å². The van der Waals surface area contributed by atoms with Crippen LogP contribution in [0.5, 0.6) is 0 Å². The summed E-state index contributed by atoms with van der Waals surface area (Å²) in [5, 5.41) is 1.26. The molecule has 0 atom stereocenters. The monoisotopic (exact) mass is 440 g/mol. The average Bonchev–Trinajstić information content (AvgIpc) is 3.07. The van der Waals surface area contributed by atoms with Gasteiger partial charge in [0, 0.05) is 35.9 Å². The minimum Gasteiger partial charge on any atom is -0.369 e. The van der Waals surface area contributed by atoms with Crippen LogP contribution in [0.1, 0.15) is 11.1 Å². The van der Waals surface area contributed by atoms with E-state index in [9.17, 15) is 0 Å². The summed E-state index contributed by atoms with van der Waals surface area (Å²) >= 11 is 3.91. The molecule has 0 saturated heterocycles. The normalized spacial score (nSPS) is 13.7. The second-order valence-corrected chi connectivity index (χ2v) is 8.00. The summed E-state index contributed by atoms with van der Waals surface area (Å²) in [6.45, 7) is 1.83. The minimum atomic E-state index is 0.901. The van der Waals surface area contributed by atoms with E-state index in [-0.39, 0.29) is 0 Å². The van der Waals surface area contributed by atoms with Crippen molar-refractivity contribution in [1.29, 1.82) is 0 Å². The van der Waals surface area contributed by atoms with E-state index < -0.39 is 0 Å². The summed E-state index contributed by atoms with van der Waals surface area (Å²) in [7, 11) is 0. The van der Waals surface area contributed by atoms with Crippen LogP contribution in [0.25, 0.3) is 22.2 Å². The lowest BCUT2D eigenvalue weighted by atomic mass is 10.0. The molecule has 0 spiro atoms. The Morgan fingerprint density at radius 1 is 0.793 bits per heavy atom. The van der Waals surface area contributed by atoms with Gasteiger partial charge in [0.2, 0.25) is 0 Å². The van der Waals surface area contributed by atoms with Crippen LogP contribution in [-0.2, 0) is 6.54 Å². The standard InChI is InChI=1S/C26H21BrN2/c27-26-25(21-15-17-28(18-16-21)19-20-9-3-1-4-10-20)23-13-7-8-14-24(23)29(26)22-11-5-2-6-12-22/h1-17H,18-19H2. The van der Waals surface area contributed by atoms with Crippen molar-refractivity contribution in [3.8, 4) is 5.69 Å². The third-order valence-electron chi connectivity index (χ3n) is 5.36. The molecule has 0 N–H and O–H groups in total. The van der Waals surface area contributed by atoms with Gasteiger partial charge < -0.3 is 9.47 Å². The maximum Gasteiger partial charge on any atom is 0.0982 e. The van der Waals surface area contributed by atoms with Crippen molar-refractivity contribution >= 4 is 32.4 Å². The molecule has 0 saturated carbocycles. The quantitative estimate of drug-likeness (QED) is 0.338. The van der Waals surface area contributed by atoms with Crippen molar-refractivity contribution in [1.82, 2.24) is 9.47 Å². The summed E-state index contributed by atoms with van der Waals surface area (Å²) in [6.07, 6.45) is 6.77. The van der Waals surface area contributed by atoms with Crippen LogP contribution in [0.2, 0.25) is 0 Å². The third-order valence-corrected chi connectivity index (χ3v) is 6.11. The summed E-state index contributed by atoms with van der Waals surface area (Å²) < 4.78 is 3.38. The van der Waals surface area contributed by atoms with E-state index in [0.29, 0.717) is 0 Å². The highest BCUT2D eigenvalue weighted by Crippen LogP contribution is 2.38. The Morgan fingerprint density at radius 3 is 2.21 bits per heavy atom. The van der Waals surface area contributed by atoms with Crippen molar-refractivity contribution in [2.24, 2.45) is 0 Å². The average molecular weight is 441 g/mol. The largest absolute Gasteiger partial charge is 0.369 e. The Kier molecular flexibility index (Phi) is 4.82. The number of allylic oxidation sites excluding steroid dienone is 2. The first-order valence-electron chi connectivity index (χ1n) is 9.82. The Balaban J connectivity index is 1.52. The maximum atomic E-state index is 3.91. The smallest absolute Gasteiger partial charge is 0.0982 e. The highest BCUT2D eigenvalue weighted by atomic mass is 79.9. The van der Waals surface area contributed by atoms with E-state index in [1.807, 2.05) is 0 Å². The molecule has 2 nitrogen and oxygen atoms in total. The van der Waals surface area contributed by atoms with Crippen LogP contribution in [0.3, 0.4) is 0 Å². The fourth-order valence-corrected chi connectivity index (χ4v) is 4.80. The molecule has 0 bridgehead atoms. The zero-order valence-corrected chi connectivity index (χ0v) is 17.6.